The average molecular weight is 1340 g/mol. The molecule has 0 radical (unpaired) electrons. The Labute approximate surface area is 576 Å². The summed E-state index contributed by atoms with van der Waals surface area (Å²) in [6.07, 6.45) is 14.5. The molecule has 4 aromatic carbocycles. The van der Waals surface area contributed by atoms with Gasteiger partial charge in [0.2, 0.25) is 0 Å². The van der Waals surface area contributed by atoms with E-state index in [1.165, 1.54) is 12.7 Å². The van der Waals surface area contributed by atoms with Crippen LogP contribution in [0, 0.1) is 0 Å². The predicted molar refractivity (Wildman–Crippen MR) is 367 cm³/mol. The number of aromatic nitrogens is 4. The van der Waals surface area contributed by atoms with Crippen molar-refractivity contribution >= 4 is 64.3 Å². The fraction of sp³-hybridized carbons (Fsp3) is 0.295. The Morgan fingerprint density at radius 2 is 0.720 bits per heavy atom. The Morgan fingerprint density at radius 1 is 0.430 bits per heavy atom. The van der Waals surface area contributed by atoms with Gasteiger partial charge in [0.15, 0.2) is 5.78 Å². The Balaban J connectivity index is 0.000000119. The first-order chi connectivity index (χ1) is 48.6. The fourth-order valence-corrected chi connectivity index (χ4v) is 13.7. The maximum absolute atomic E-state index is 12.0. The molecule has 1 N–H and O–H groups in total. The van der Waals surface area contributed by atoms with Crippen molar-refractivity contribution in [2.75, 3.05) is 34.4 Å². The molecule has 8 aliphatic rings. The normalized spacial score (nSPS) is 18.3. The van der Waals surface area contributed by atoms with Crippen LogP contribution in [0.25, 0.3) is 0 Å². The van der Waals surface area contributed by atoms with Gasteiger partial charge in [-0.2, -0.15) is 0 Å². The molecule has 0 saturated heterocycles. The monoisotopic (exact) mass is 1340 g/mol. The van der Waals surface area contributed by atoms with E-state index in [-0.39, 0.29) is 80.1 Å². The van der Waals surface area contributed by atoms with Gasteiger partial charge in [-0.05, 0) is 154 Å². The zero-order valence-electron chi connectivity index (χ0n) is 55.6. The summed E-state index contributed by atoms with van der Waals surface area (Å²) in [6, 6.07) is 31.9. The molecule has 8 aliphatic heterocycles. The van der Waals surface area contributed by atoms with Crippen LogP contribution < -0.4 is 0 Å². The van der Waals surface area contributed by atoms with Crippen LogP contribution in [-0.4, -0.2) is 129 Å². The highest BCUT2D eigenvalue weighted by molar-refractivity contribution is 6.17. The minimum atomic E-state index is -0.652. The van der Waals surface area contributed by atoms with E-state index in [9.17, 15) is 33.6 Å². The first-order valence-electron chi connectivity index (χ1n) is 33.2. The molecule has 0 amide bonds. The Morgan fingerprint density at radius 3 is 1.01 bits per heavy atom. The highest BCUT2D eigenvalue weighted by atomic mass is 16.6. The molecule has 0 spiro atoms. The average Bonchev–Trinajstić information content (AvgIpc) is 1.56. The second kappa shape index (κ2) is 29.9. The largest absolute Gasteiger partial charge is 0.469 e. The summed E-state index contributed by atoms with van der Waals surface area (Å²) in [5.74, 6) is -1.75. The standard InChI is InChI=1S/C20H21N3O2.C20H18N2O3.2C19H16N2O4/c1-23(2)8-5-18-16-11-17-15(9-14(16)10-19(24)25-18)12-22-20(17)13-3-6-21-7-4-13;1-2-15(23)9-18-16-10-17-14(7-13(16)8-19(24)25-18)11-22-20(17)12-3-5-21-6-4-12;1-24-17(22)9-16-14-8-15-13(6-12(14)7-18(23)25-16)10-21-19(15)11-2-4-20-5-3-11;22-10-14(23)7-17-15-8-16-13(5-12(15)6-18(24)25-17)9-21-19(16)11-1-3-20-4-2-11/h3-4,6-7,9,11,18H,5,8,10,12H2,1-2H3;3-7,10,18H,2,8-9,11H2,1H3;2-6,8,16H,7,9-10H2,1H3;1-5,8,17,22H,6-7,9-10H2. The topological polar surface area (TPSA) is 290 Å². The molecule has 4 atom stereocenters. The number of benzene rings is 4. The smallest absolute Gasteiger partial charge is 0.310 e. The van der Waals surface area contributed by atoms with Gasteiger partial charge in [-0.1, -0.05) is 31.2 Å². The first kappa shape index (κ1) is 67.3. The maximum Gasteiger partial charge on any atom is 0.310 e. The van der Waals surface area contributed by atoms with Gasteiger partial charge >= 0.3 is 29.8 Å². The molecule has 0 saturated carbocycles. The van der Waals surface area contributed by atoms with Crippen molar-refractivity contribution in [1.29, 1.82) is 0 Å². The second-order valence-electron chi connectivity index (χ2n) is 25.4. The minimum Gasteiger partial charge on any atom is -0.469 e. The molecule has 12 heterocycles. The van der Waals surface area contributed by atoms with Crippen LogP contribution in [-0.2, 0) is 109 Å². The van der Waals surface area contributed by atoms with Gasteiger partial charge in [-0.25, -0.2) is 0 Å². The number of aliphatic hydroxyl groups excluding tert-OH is 1. The molecule has 0 aliphatic carbocycles. The van der Waals surface area contributed by atoms with Crippen LogP contribution in [0.15, 0.2) is 167 Å². The number of methoxy groups -OCH3 is 1. The molecule has 22 nitrogen and oxygen atoms in total. The number of carbonyl (C=O) groups is 7. The van der Waals surface area contributed by atoms with Gasteiger partial charge in [-0.15, -0.1) is 0 Å². The molecular formula is C78H71N9O13. The minimum absolute atomic E-state index is 0.00968. The van der Waals surface area contributed by atoms with Crippen molar-refractivity contribution in [3.05, 3.63) is 258 Å². The molecule has 4 aromatic heterocycles. The van der Waals surface area contributed by atoms with Gasteiger partial charge in [0.05, 0.1) is 94.7 Å². The number of aliphatic imine (C=N–C) groups is 4. The lowest BCUT2D eigenvalue weighted by Gasteiger charge is -2.27. The molecule has 506 valence electrons. The van der Waals surface area contributed by atoms with E-state index < -0.39 is 30.9 Å². The number of ketones is 2. The van der Waals surface area contributed by atoms with E-state index in [1.807, 2.05) is 99.9 Å². The molecule has 0 bridgehead atoms. The van der Waals surface area contributed by atoms with Crippen LogP contribution in [0.4, 0.5) is 0 Å². The third kappa shape index (κ3) is 14.8. The molecule has 0 fully saturated rings. The number of rotatable bonds is 15. The summed E-state index contributed by atoms with van der Waals surface area (Å²) < 4.78 is 26.6. The second-order valence-corrected chi connectivity index (χ2v) is 25.4. The van der Waals surface area contributed by atoms with Gasteiger partial charge in [0.25, 0.3) is 0 Å². The van der Waals surface area contributed by atoms with Crippen LogP contribution in [0.5, 0.6) is 0 Å². The summed E-state index contributed by atoms with van der Waals surface area (Å²) in [5, 5.41) is 9.01. The van der Waals surface area contributed by atoms with Crippen molar-refractivity contribution in [2.45, 2.75) is 115 Å². The number of ether oxygens (including phenoxy) is 5. The molecule has 8 aromatic rings. The van der Waals surface area contributed by atoms with Crippen molar-refractivity contribution in [3.8, 4) is 0 Å². The summed E-state index contributed by atoms with van der Waals surface area (Å²) in [6.45, 7) is 4.56. The Bertz CT molecular complexity index is 4340. The van der Waals surface area contributed by atoms with Crippen LogP contribution in [0.2, 0.25) is 0 Å². The third-order valence-electron chi connectivity index (χ3n) is 18.6. The maximum atomic E-state index is 12.0. The van der Waals surface area contributed by atoms with Crippen molar-refractivity contribution in [1.82, 2.24) is 24.8 Å². The lowest BCUT2D eigenvalue weighted by atomic mass is 9.88. The first-order valence-corrected chi connectivity index (χ1v) is 33.2. The number of hydrogen-bond donors (Lipinski definition) is 1. The van der Waals surface area contributed by atoms with Gasteiger partial charge in [0, 0.05) is 120 Å². The lowest BCUT2D eigenvalue weighted by molar-refractivity contribution is -0.156. The Hall–Kier alpha value is -11.2. The number of esters is 5. The predicted octanol–water partition coefficient (Wildman–Crippen LogP) is 9.13. The van der Waals surface area contributed by atoms with E-state index in [0.29, 0.717) is 39.0 Å². The molecule has 22 heteroatoms. The lowest BCUT2D eigenvalue weighted by Crippen LogP contribution is -2.25. The summed E-state index contributed by atoms with van der Waals surface area (Å²) in [7, 11) is 5.38. The zero-order chi connectivity index (χ0) is 69.6. The van der Waals surface area contributed by atoms with Crippen molar-refractivity contribution in [3.63, 3.8) is 0 Å². The molecule has 4 unspecified atom stereocenters. The number of aliphatic hydroxyl groups is 1. The van der Waals surface area contributed by atoms with E-state index in [4.69, 9.17) is 33.8 Å². The SMILES string of the molecule is CCC(=O)CC1OC(=O)Cc2cc3c(cc21)C(c1ccncc1)=NC3.CN(C)CCC1OC(=O)Cc2cc3c(cc21)C(c1ccncc1)=NC3.COC(=O)CC1OC(=O)Cc2cc3c(cc21)C(c1ccncc1)=NC3.O=C(CO)CC1OC(=O)Cc2cc3c(cc21)C(c1ccncc1)=NC3. The van der Waals surface area contributed by atoms with Crippen molar-refractivity contribution < 1.29 is 62.4 Å². The van der Waals surface area contributed by atoms with E-state index >= 15 is 0 Å². The van der Waals surface area contributed by atoms with Gasteiger partial charge < -0.3 is 33.7 Å². The summed E-state index contributed by atoms with van der Waals surface area (Å²) in [5.41, 5.74) is 24.0. The highest BCUT2D eigenvalue weighted by Gasteiger charge is 2.36. The molecular weight excluding hydrogens is 1270 g/mol. The number of carbonyl (C=O) groups excluding carboxylic acids is 7. The number of Topliss-reactive ketones (excluding diaryl/α,β-unsaturated/α-hetero) is 2. The van der Waals surface area contributed by atoms with Gasteiger partial charge in [-0.3, -0.25) is 73.5 Å². The van der Waals surface area contributed by atoms with Gasteiger partial charge in [0.1, 0.15) is 36.8 Å². The molecule has 16 rings (SSSR count). The van der Waals surface area contributed by atoms with E-state index in [1.54, 1.807) is 49.6 Å². The zero-order valence-corrected chi connectivity index (χ0v) is 55.6. The van der Waals surface area contributed by atoms with Crippen molar-refractivity contribution in [2.24, 2.45) is 20.0 Å². The number of cyclic esters (lactones) is 4. The number of nitrogens with zero attached hydrogens (tertiary/aromatic N) is 9. The highest BCUT2D eigenvalue weighted by Crippen LogP contribution is 2.41. The fourth-order valence-electron chi connectivity index (χ4n) is 13.7. The van der Waals surface area contributed by atoms with E-state index in [0.717, 1.165) is 142 Å². The summed E-state index contributed by atoms with van der Waals surface area (Å²) in [4.78, 5) is 120. The molecule has 100 heavy (non-hydrogen) atoms. The number of fused-ring (bicyclic) bond motifs is 8. The number of hydrogen-bond acceptors (Lipinski definition) is 22. The summed E-state index contributed by atoms with van der Waals surface area (Å²) >= 11 is 0. The van der Waals surface area contributed by atoms with E-state index in [2.05, 4.69) is 58.0 Å². The van der Waals surface area contributed by atoms with Crippen LogP contribution >= 0.6 is 0 Å². The van der Waals surface area contributed by atoms with Crippen LogP contribution in [0.3, 0.4) is 0 Å². The third-order valence-corrected chi connectivity index (χ3v) is 18.6. The van der Waals surface area contributed by atoms with Crippen LogP contribution in [0.1, 0.15) is 175 Å². The number of pyridine rings is 4. The quantitative estimate of drug-likeness (QED) is 0.0739. The Kier molecular flexibility index (Phi) is 20.1.